The Hall–Kier alpha value is -2.70. The molecule has 0 saturated heterocycles. The quantitative estimate of drug-likeness (QED) is 0.760. The maximum absolute atomic E-state index is 13.7. The normalized spacial score (nSPS) is 10.6. The molecule has 0 bridgehead atoms. The first kappa shape index (κ1) is 16.4. The monoisotopic (exact) mass is 294 g/mol. The zero-order valence-electron chi connectivity index (χ0n) is 11.4. The molecule has 0 atom stereocenters. The van der Waals surface area contributed by atoms with E-state index in [1.807, 2.05) is 0 Å². The molecule has 1 aromatic carbocycles. The van der Waals surface area contributed by atoms with Gasteiger partial charge in [-0.1, -0.05) is 6.07 Å². The van der Waals surface area contributed by atoms with Crippen LogP contribution in [-0.4, -0.2) is 40.9 Å². The number of nitrogens with two attached hydrogens (primary N) is 1. The van der Waals surface area contributed by atoms with E-state index < -0.39 is 23.6 Å². The summed E-state index contributed by atoms with van der Waals surface area (Å²) in [5.74, 6) is -3.29. The smallest absolute Gasteiger partial charge is 0.328 e. The van der Waals surface area contributed by atoms with Crippen LogP contribution in [0, 0.1) is 5.82 Å². The molecule has 0 aliphatic heterocycles. The molecule has 1 aromatic rings. The highest BCUT2D eigenvalue weighted by Gasteiger charge is 2.19. The van der Waals surface area contributed by atoms with E-state index in [1.165, 1.54) is 18.2 Å². The van der Waals surface area contributed by atoms with Crippen molar-refractivity contribution >= 4 is 23.9 Å². The van der Waals surface area contributed by atoms with Gasteiger partial charge in [0.2, 0.25) is 5.91 Å². The fourth-order valence-corrected chi connectivity index (χ4v) is 1.66. The summed E-state index contributed by atoms with van der Waals surface area (Å²) in [6, 6.07) is 3.63. The van der Waals surface area contributed by atoms with Crippen LogP contribution in [0.25, 0.3) is 6.08 Å². The van der Waals surface area contributed by atoms with E-state index in [2.05, 4.69) is 0 Å². The van der Waals surface area contributed by atoms with E-state index in [9.17, 15) is 18.8 Å². The summed E-state index contributed by atoms with van der Waals surface area (Å²) in [5, 5.41) is 8.55. The van der Waals surface area contributed by atoms with Gasteiger partial charge in [0.15, 0.2) is 0 Å². The molecular weight excluding hydrogens is 279 g/mol. The number of amides is 2. The van der Waals surface area contributed by atoms with Gasteiger partial charge in [0.05, 0.1) is 12.1 Å². The number of rotatable bonds is 6. The van der Waals surface area contributed by atoms with Gasteiger partial charge < -0.3 is 15.7 Å². The van der Waals surface area contributed by atoms with Crippen LogP contribution in [0.2, 0.25) is 0 Å². The molecule has 0 fully saturated rings. The lowest BCUT2D eigenvalue weighted by Crippen LogP contribution is -2.38. The van der Waals surface area contributed by atoms with Crippen LogP contribution >= 0.6 is 0 Å². The molecule has 0 aliphatic rings. The number of nitrogens with zero attached hydrogens (tertiary/aromatic N) is 1. The van der Waals surface area contributed by atoms with Gasteiger partial charge in [-0.05, 0) is 30.7 Å². The van der Waals surface area contributed by atoms with Crippen molar-refractivity contribution in [2.24, 2.45) is 5.73 Å². The molecule has 0 aliphatic carbocycles. The summed E-state index contributed by atoms with van der Waals surface area (Å²) in [5.41, 5.74) is 5.14. The Kier molecular flexibility index (Phi) is 5.59. The zero-order valence-corrected chi connectivity index (χ0v) is 11.4. The van der Waals surface area contributed by atoms with E-state index >= 15 is 0 Å². The molecule has 0 radical (unpaired) electrons. The molecule has 7 heteroatoms. The van der Waals surface area contributed by atoms with Crippen molar-refractivity contribution in [3.8, 4) is 0 Å². The first-order valence-corrected chi connectivity index (χ1v) is 6.13. The van der Waals surface area contributed by atoms with Crippen LogP contribution in [-0.2, 0) is 9.59 Å². The maximum Gasteiger partial charge on any atom is 0.328 e. The van der Waals surface area contributed by atoms with Crippen LogP contribution in [0.3, 0.4) is 0 Å². The Labute approximate surface area is 120 Å². The summed E-state index contributed by atoms with van der Waals surface area (Å²) in [6.45, 7) is 1.51. The highest BCUT2D eigenvalue weighted by atomic mass is 19.1. The summed E-state index contributed by atoms with van der Waals surface area (Å²) < 4.78 is 13.7. The third kappa shape index (κ3) is 4.72. The zero-order chi connectivity index (χ0) is 16.0. The third-order valence-corrected chi connectivity index (χ3v) is 2.65. The fourth-order valence-electron chi connectivity index (χ4n) is 1.66. The Morgan fingerprint density at radius 3 is 2.57 bits per heavy atom. The number of likely N-dealkylation sites (N-methyl/N-ethyl adjacent to an activating group) is 1. The van der Waals surface area contributed by atoms with Crippen LogP contribution in [0.5, 0.6) is 0 Å². The van der Waals surface area contributed by atoms with E-state index in [4.69, 9.17) is 10.8 Å². The highest BCUT2D eigenvalue weighted by molar-refractivity contribution is 5.97. The van der Waals surface area contributed by atoms with Crippen molar-refractivity contribution in [1.82, 2.24) is 4.90 Å². The minimum absolute atomic E-state index is 0.191. The van der Waals surface area contributed by atoms with Gasteiger partial charge in [-0.2, -0.15) is 0 Å². The predicted molar refractivity (Wildman–Crippen MR) is 73.8 cm³/mol. The summed E-state index contributed by atoms with van der Waals surface area (Å²) >= 11 is 0. The van der Waals surface area contributed by atoms with E-state index in [1.54, 1.807) is 6.92 Å². The van der Waals surface area contributed by atoms with Crippen molar-refractivity contribution in [2.45, 2.75) is 6.92 Å². The van der Waals surface area contributed by atoms with Crippen LogP contribution in [0.4, 0.5) is 4.39 Å². The topological polar surface area (TPSA) is 101 Å². The lowest BCUT2D eigenvalue weighted by atomic mass is 10.1. The minimum atomic E-state index is -1.16. The molecular formula is C14H15FN2O4. The predicted octanol–water partition coefficient (Wildman–Crippen LogP) is 0.871. The average Bonchev–Trinajstić information content (AvgIpc) is 2.42. The molecule has 21 heavy (non-hydrogen) atoms. The second-order valence-corrected chi connectivity index (χ2v) is 4.20. The molecule has 0 heterocycles. The first-order chi connectivity index (χ1) is 9.85. The molecule has 1 rings (SSSR count). The number of carboxylic acid groups (broad SMARTS) is 1. The van der Waals surface area contributed by atoms with Gasteiger partial charge in [0.1, 0.15) is 5.82 Å². The van der Waals surface area contributed by atoms with Crippen LogP contribution < -0.4 is 5.73 Å². The summed E-state index contributed by atoms with van der Waals surface area (Å²) in [4.78, 5) is 34.6. The molecule has 0 aromatic heterocycles. The van der Waals surface area contributed by atoms with Crippen molar-refractivity contribution in [3.05, 3.63) is 41.2 Å². The number of benzene rings is 1. The molecule has 3 N–H and O–H groups in total. The van der Waals surface area contributed by atoms with Gasteiger partial charge >= 0.3 is 5.97 Å². The Morgan fingerprint density at radius 1 is 1.38 bits per heavy atom. The van der Waals surface area contributed by atoms with E-state index in [0.29, 0.717) is 5.56 Å². The molecule has 0 unspecified atom stereocenters. The molecule has 0 spiro atoms. The number of carbonyl (C=O) groups is 3. The van der Waals surface area contributed by atoms with Gasteiger partial charge in [0.25, 0.3) is 5.91 Å². The number of hydrogen-bond acceptors (Lipinski definition) is 3. The first-order valence-electron chi connectivity index (χ1n) is 6.13. The number of primary amides is 1. The second kappa shape index (κ2) is 7.18. The fraction of sp³-hybridized carbons (Fsp3) is 0.214. The standard InChI is InChI=1S/C14H15FN2O4/c1-2-17(8-12(16)18)14(21)10-7-9(3-5-11(10)15)4-6-13(19)20/h3-7H,2,8H2,1H3,(H2,16,18)(H,19,20)/b6-4+. The molecule has 112 valence electrons. The molecule has 0 saturated carbocycles. The van der Waals surface area contributed by atoms with Crippen molar-refractivity contribution in [3.63, 3.8) is 0 Å². The summed E-state index contributed by atoms with van der Waals surface area (Å²) in [6.07, 6.45) is 2.12. The molecule has 6 nitrogen and oxygen atoms in total. The lowest BCUT2D eigenvalue weighted by molar-refractivity contribution is -0.131. The Balaban J connectivity index is 3.10. The molecule has 2 amide bonds. The number of hydrogen-bond donors (Lipinski definition) is 2. The number of carboxylic acids is 1. The third-order valence-electron chi connectivity index (χ3n) is 2.65. The number of aliphatic carboxylic acids is 1. The SMILES string of the molecule is CCN(CC(N)=O)C(=O)c1cc(/C=C/C(=O)O)ccc1F. The average molecular weight is 294 g/mol. The second-order valence-electron chi connectivity index (χ2n) is 4.20. The maximum atomic E-state index is 13.7. The highest BCUT2D eigenvalue weighted by Crippen LogP contribution is 2.14. The number of carbonyl (C=O) groups excluding carboxylic acids is 2. The van der Waals surface area contributed by atoms with Gasteiger partial charge in [-0.15, -0.1) is 0 Å². The van der Waals surface area contributed by atoms with Crippen molar-refractivity contribution in [2.75, 3.05) is 13.1 Å². The minimum Gasteiger partial charge on any atom is -0.478 e. The van der Waals surface area contributed by atoms with E-state index in [-0.39, 0.29) is 18.7 Å². The summed E-state index contributed by atoms with van der Waals surface area (Å²) in [7, 11) is 0. The van der Waals surface area contributed by atoms with Gasteiger partial charge in [0, 0.05) is 12.6 Å². The lowest BCUT2D eigenvalue weighted by Gasteiger charge is -2.19. The largest absolute Gasteiger partial charge is 0.478 e. The van der Waals surface area contributed by atoms with Crippen molar-refractivity contribution < 1.29 is 23.9 Å². The van der Waals surface area contributed by atoms with E-state index in [0.717, 1.165) is 17.0 Å². The Morgan fingerprint density at radius 2 is 2.05 bits per heavy atom. The van der Waals surface area contributed by atoms with Crippen LogP contribution in [0.15, 0.2) is 24.3 Å². The van der Waals surface area contributed by atoms with Gasteiger partial charge in [-0.25, -0.2) is 9.18 Å². The number of halogens is 1. The van der Waals surface area contributed by atoms with Crippen LogP contribution in [0.1, 0.15) is 22.8 Å². The van der Waals surface area contributed by atoms with Crippen molar-refractivity contribution in [1.29, 1.82) is 0 Å². The Bertz CT molecular complexity index is 599. The van der Waals surface area contributed by atoms with Gasteiger partial charge in [-0.3, -0.25) is 9.59 Å².